The van der Waals surface area contributed by atoms with Crippen molar-refractivity contribution in [3.8, 4) is 0 Å². The molecule has 2 aliphatic rings. The van der Waals surface area contributed by atoms with E-state index >= 15 is 0 Å². The van der Waals surface area contributed by atoms with Gasteiger partial charge in [-0.1, -0.05) is 36.4 Å². The number of anilines is 1. The molecule has 4 rings (SSSR count). The number of benzene rings is 2. The van der Waals surface area contributed by atoms with Gasteiger partial charge >= 0.3 is 0 Å². The van der Waals surface area contributed by atoms with Crippen molar-refractivity contribution in [1.29, 1.82) is 0 Å². The quantitative estimate of drug-likeness (QED) is 0.838. The van der Waals surface area contributed by atoms with Crippen LogP contribution < -0.4 is 5.32 Å². The first-order valence-electron chi connectivity index (χ1n) is 8.34. The van der Waals surface area contributed by atoms with Gasteiger partial charge in [-0.05, 0) is 72.8 Å². The van der Waals surface area contributed by atoms with Gasteiger partial charge in [-0.2, -0.15) is 0 Å². The zero-order valence-corrected chi connectivity index (χ0v) is 12.6. The van der Waals surface area contributed by atoms with Gasteiger partial charge < -0.3 is 5.32 Å². The molecule has 0 spiro atoms. The van der Waals surface area contributed by atoms with E-state index in [1.165, 1.54) is 44.2 Å². The van der Waals surface area contributed by atoms with Crippen LogP contribution in [0.4, 0.5) is 5.69 Å². The average Bonchev–Trinajstić information content (AvgIpc) is 2.56. The van der Waals surface area contributed by atoms with Crippen LogP contribution in [0.5, 0.6) is 0 Å². The summed E-state index contributed by atoms with van der Waals surface area (Å²) in [6.07, 6.45) is 7.67. The maximum absolute atomic E-state index is 3.56. The van der Waals surface area contributed by atoms with Crippen LogP contribution in [-0.4, -0.2) is 6.54 Å². The van der Waals surface area contributed by atoms with E-state index < -0.39 is 0 Å². The summed E-state index contributed by atoms with van der Waals surface area (Å²) in [5, 5.41) is 3.56. The van der Waals surface area contributed by atoms with Gasteiger partial charge in [0.2, 0.25) is 0 Å². The van der Waals surface area contributed by atoms with Crippen molar-refractivity contribution in [2.45, 2.75) is 44.4 Å². The molecule has 0 bridgehead atoms. The number of aryl methyl sites for hydroxylation is 1. The molecule has 2 aromatic carbocycles. The van der Waals surface area contributed by atoms with E-state index in [1.54, 1.807) is 22.3 Å². The summed E-state index contributed by atoms with van der Waals surface area (Å²) in [5.74, 6) is 0.711. The van der Waals surface area contributed by atoms with Gasteiger partial charge in [0.1, 0.15) is 0 Å². The van der Waals surface area contributed by atoms with Crippen LogP contribution in [0.1, 0.15) is 47.4 Å². The second kappa shape index (κ2) is 5.55. The summed E-state index contributed by atoms with van der Waals surface area (Å²) in [6.45, 7) is 1.13. The largest absolute Gasteiger partial charge is 0.385 e. The van der Waals surface area contributed by atoms with Crippen LogP contribution in [0.15, 0.2) is 42.5 Å². The number of rotatable bonds is 2. The van der Waals surface area contributed by atoms with E-state index in [2.05, 4.69) is 47.8 Å². The fraction of sp³-hybridized carbons (Fsp3) is 0.400. The SMILES string of the molecule is c1ccc2c(c1)CCCC2Cc1cccc2c1CCCN2. The van der Waals surface area contributed by atoms with Crippen LogP contribution in [-0.2, 0) is 19.3 Å². The predicted octanol–water partition coefficient (Wildman–Crippen LogP) is 4.71. The van der Waals surface area contributed by atoms with Crippen LogP contribution in [0.25, 0.3) is 0 Å². The maximum atomic E-state index is 3.56. The van der Waals surface area contributed by atoms with Crippen LogP contribution in [0.2, 0.25) is 0 Å². The van der Waals surface area contributed by atoms with Crippen molar-refractivity contribution in [2.75, 3.05) is 11.9 Å². The molecule has 0 saturated carbocycles. The summed E-state index contributed by atoms with van der Waals surface area (Å²) in [7, 11) is 0. The molecule has 1 aliphatic carbocycles. The molecule has 1 N–H and O–H groups in total. The minimum atomic E-state index is 0.711. The summed E-state index contributed by atoms with van der Waals surface area (Å²) >= 11 is 0. The molecule has 0 amide bonds. The Labute approximate surface area is 127 Å². The van der Waals surface area contributed by atoms with Crippen LogP contribution in [0, 0.1) is 0 Å². The van der Waals surface area contributed by atoms with E-state index in [1.807, 2.05) is 0 Å². The Kier molecular flexibility index (Phi) is 3.42. The van der Waals surface area contributed by atoms with Crippen LogP contribution >= 0.6 is 0 Å². The Balaban J connectivity index is 1.66. The van der Waals surface area contributed by atoms with E-state index in [0.29, 0.717) is 5.92 Å². The zero-order chi connectivity index (χ0) is 14.1. The normalized spacial score (nSPS) is 20.3. The van der Waals surface area contributed by atoms with Crippen molar-refractivity contribution >= 4 is 5.69 Å². The van der Waals surface area contributed by atoms with Gasteiger partial charge in [-0.15, -0.1) is 0 Å². The molecule has 1 heterocycles. The molecule has 2 aromatic rings. The molecule has 1 nitrogen and oxygen atoms in total. The molecule has 0 saturated heterocycles. The van der Waals surface area contributed by atoms with Crippen molar-refractivity contribution in [2.24, 2.45) is 0 Å². The lowest BCUT2D eigenvalue weighted by molar-refractivity contribution is 0.548. The van der Waals surface area contributed by atoms with Crippen molar-refractivity contribution in [1.82, 2.24) is 0 Å². The fourth-order valence-corrected chi connectivity index (χ4v) is 4.11. The third kappa shape index (κ3) is 2.46. The van der Waals surface area contributed by atoms with Gasteiger partial charge in [0.15, 0.2) is 0 Å². The van der Waals surface area contributed by atoms with E-state index in [0.717, 1.165) is 6.54 Å². The lowest BCUT2D eigenvalue weighted by Gasteiger charge is -2.28. The lowest BCUT2D eigenvalue weighted by Crippen LogP contribution is -2.16. The van der Waals surface area contributed by atoms with Gasteiger partial charge in [-0.3, -0.25) is 0 Å². The molecule has 0 radical (unpaired) electrons. The topological polar surface area (TPSA) is 12.0 Å². The van der Waals surface area contributed by atoms with E-state index in [9.17, 15) is 0 Å². The molecular formula is C20H23N. The maximum Gasteiger partial charge on any atom is 0.0375 e. The molecule has 1 unspecified atom stereocenters. The Morgan fingerprint density at radius 1 is 0.952 bits per heavy atom. The highest BCUT2D eigenvalue weighted by Crippen LogP contribution is 2.36. The highest BCUT2D eigenvalue weighted by atomic mass is 14.9. The number of hydrogen-bond acceptors (Lipinski definition) is 1. The van der Waals surface area contributed by atoms with E-state index in [-0.39, 0.29) is 0 Å². The predicted molar refractivity (Wildman–Crippen MR) is 89.1 cm³/mol. The summed E-state index contributed by atoms with van der Waals surface area (Å²) in [4.78, 5) is 0. The molecule has 108 valence electrons. The zero-order valence-electron chi connectivity index (χ0n) is 12.6. The molecular weight excluding hydrogens is 254 g/mol. The second-order valence-corrected chi connectivity index (χ2v) is 6.47. The fourth-order valence-electron chi connectivity index (χ4n) is 4.11. The third-order valence-electron chi connectivity index (χ3n) is 5.15. The monoisotopic (exact) mass is 277 g/mol. The number of fused-ring (bicyclic) bond motifs is 2. The van der Waals surface area contributed by atoms with Crippen molar-refractivity contribution < 1.29 is 0 Å². The molecule has 0 fully saturated rings. The van der Waals surface area contributed by atoms with Crippen LogP contribution in [0.3, 0.4) is 0 Å². The van der Waals surface area contributed by atoms with Gasteiger partial charge in [0.05, 0.1) is 0 Å². The second-order valence-electron chi connectivity index (χ2n) is 6.47. The minimum Gasteiger partial charge on any atom is -0.385 e. The molecule has 21 heavy (non-hydrogen) atoms. The summed E-state index contributed by atoms with van der Waals surface area (Å²) < 4.78 is 0. The molecule has 1 atom stereocenters. The first kappa shape index (κ1) is 12.9. The molecule has 1 aliphatic heterocycles. The standard InChI is InChI=1S/C20H23N/c1-2-10-18-15(6-1)7-3-8-16(18)14-17-9-4-12-20-19(17)11-5-13-21-20/h1-2,4,6,9-10,12,16,21H,3,5,7-8,11,13-14H2. The summed E-state index contributed by atoms with van der Waals surface area (Å²) in [6, 6.07) is 15.9. The summed E-state index contributed by atoms with van der Waals surface area (Å²) in [5.41, 5.74) is 7.71. The van der Waals surface area contributed by atoms with Crippen molar-refractivity contribution in [3.63, 3.8) is 0 Å². The lowest BCUT2D eigenvalue weighted by atomic mass is 9.78. The minimum absolute atomic E-state index is 0.711. The Morgan fingerprint density at radius 2 is 1.90 bits per heavy atom. The molecule has 0 aromatic heterocycles. The third-order valence-corrected chi connectivity index (χ3v) is 5.15. The van der Waals surface area contributed by atoms with E-state index in [4.69, 9.17) is 0 Å². The van der Waals surface area contributed by atoms with Gasteiger partial charge in [0.25, 0.3) is 0 Å². The van der Waals surface area contributed by atoms with Crippen molar-refractivity contribution in [3.05, 3.63) is 64.7 Å². The number of hydrogen-bond donors (Lipinski definition) is 1. The Hall–Kier alpha value is -1.76. The van der Waals surface area contributed by atoms with Gasteiger partial charge in [0, 0.05) is 12.2 Å². The highest BCUT2D eigenvalue weighted by Gasteiger charge is 2.22. The average molecular weight is 277 g/mol. The van der Waals surface area contributed by atoms with Gasteiger partial charge in [-0.25, -0.2) is 0 Å². The smallest absolute Gasteiger partial charge is 0.0375 e. The molecule has 1 heteroatoms. The number of nitrogens with one attached hydrogen (secondary N) is 1. The highest BCUT2D eigenvalue weighted by molar-refractivity contribution is 5.56. The first-order chi connectivity index (χ1) is 10.4. The first-order valence-corrected chi connectivity index (χ1v) is 8.34. The Bertz CT molecular complexity index is 644. The Morgan fingerprint density at radius 3 is 2.90 bits per heavy atom.